The van der Waals surface area contributed by atoms with Gasteiger partial charge in [-0.1, -0.05) is 41.7 Å². The highest BCUT2D eigenvalue weighted by molar-refractivity contribution is 7.20. The molecule has 8 nitrogen and oxygen atoms in total. The van der Waals surface area contributed by atoms with Crippen LogP contribution >= 0.6 is 11.3 Å². The summed E-state index contributed by atoms with van der Waals surface area (Å²) < 4.78 is 4.83. The first-order valence-corrected chi connectivity index (χ1v) is 10.8. The van der Waals surface area contributed by atoms with Crippen LogP contribution < -0.4 is 16.0 Å². The van der Waals surface area contributed by atoms with E-state index in [0.717, 1.165) is 37.3 Å². The number of carbonyl (C=O) groups excluding carboxylic acids is 2. The van der Waals surface area contributed by atoms with Crippen LogP contribution in [0.1, 0.15) is 23.2 Å². The number of piperidine rings is 1. The van der Waals surface area contributed by atoms with E-state index in [9.17, 15) is 9.59 Å². The fourth-order valence-electron chi connectivity index (χ4n) is 3.58. The highest BCUT2D eigenvalue weighted by atomic mass is 32.1. The zero-order chi connectivity index (χ0) is 21.8. The molecule has 0 spiro atoms. The van der Waals surface area contributed by atoms with Crippen LogP contribution in [0.25, 0.3) is 11.3 Å². The lowest BCUT2D eigenvalue weighted by molar-refractivity contribution is -0.146. The van der Waals surface area contributed by atoms with Crippen molar-refractivity contribution >= 4 is 39.2 Å². The zero-order valence-corrected chi connectivity index (χ0v) is 17.9. The van der Waals surface area contributed by atoms with Gasteiger partial charge in [-0.15, -0.1) is 0 Å². The normalized spacial score (nSPS) is 14.3. The second kappa shape index (κ2) is 9.13. The van der Waals surface area contributed by atoms with E-state index in [0.29, 0.717) is 21.4 Å². The van der Waals surface area contributed by atoms with Gasteiger partial charge in [0, 0.05) is 24.8 Å². The molecule has 9 heteroatoms. The van der Waals surface area contributed by atoms with Gasteiger partial charge in [-0.3, -0.25) is 14.9 Å². The largest absolute Gasteiger partial charge is 0.469 e. The molecule has 1 fully saturated rings. The van der Waals surface area contributed by atoms with Gasteiger partial charge in [0.15, 0.2) is 5.13 Å². The third-order valence-electron chi connectivity index (χ3n) is 5.28. The number of esters is 1. The number of anilines is 3. The van der Waals surface area contributed by atoms with Crippen molar-refractivity contribution in [3.63, 3.8) is 0 Å². The molecule has 4 rings (SSSR count). The van der Waals surface area contributed by atoms with Crippen molar-refractivity contribution in [1.82, 2.24) is 9.97 Å². The number of ether oxygens (including phenoxy) is 1. The Hall–Kier alpha value is -3.46. The van der Waals surface area contributed by atoms with E-state index in [-0.39, 0.29) is 17.8 Å². The van der Waals surface area contributed by atoms with Crippen LogP contribution in [0.3, 0.4) is 0 Å². The predicted octanol–water partition coefficient (Wildman–Crippen LogP) is 3.43. The molecular weight excluding hydrogens is 414 g/mol. The molecule has 1 aliphatic rings. The monoisotopic (exact) mass is 437 g/mol. The molecule has 3 aromatic rings. The maximum atomic E-state index is 12.6. The fourth-order valence-corrected chi connectivity index (χ4v) is 4.33. The third-order valence-corrected chi connectivity index (χ3v) is 6.08. The van der Waals surface area contributed by atoms with Gasteiger partial charge in [0.2, 0.25) is 0 Å². The molecule has 31 heavy (non-hydrogen) atoms. The first kappa shape index (κ1) is 20.8. The van der Waals surface area contributed by atoms with Crippen molar-refractivity contribution < 1.29 is 14.3 Å². The second-order valence-electron chi connectivity index (χ2n) is 7.24. The summed E-state index contributed by atoms with van der Waals surface area (Å²) >= 11 is 1.23. The number of nitrogens with one attached hydrogen (secondary N) is 1. The summed E-state index contributed by atoms with van der Waals surface area (Å²) in [7, 11) is 1.42. The van der Waals surface area contributed by atoms with E-state index in [4.69, 9.17) is 10.5 Å². The number of rotatable bonds is 5. The first-order chi connectivity index (χ1) is 15.0. The smallest absolute Gasteiger partial charge is 0.308 e. The summed E-state index contributed by atoms with van der Waals surface area (Å²) in [5, 5.41) is 3.78. The van der Waals surface area contributed by atoms with E-state index in [1.165, 1.54) is 18.4 Å². The summed E-state index contributed by atoms with van der Waals surface area (Å²) in [6, 6.07) is 13.2. The molecule has 0 radical (unpaired) electrons. The molecule has 2 aromatic heterocycles. The molecular formula is C22H23N5O3S. The number of nitrogens with zero attached hydrogens (tertiary/aromatic N) is 3. The summed E-state index contributed by atoms with van der Waals surface area (Å²) in [5.41, 5.74) is 8.08. The van der Waals surface area contributed by atoms with Crippen LogP contribution in [0.5, 0.6) is 0 Å². The number of aromatic nitrogens is 2. The van der Waals surface area contributed by atoms with Gasteiger partial charge < -0.3 is 15.4 Å². The predicted molar refractivity (Wildman–Crippen MR) is 121 cm³/mol. The molecule has 0 bridgehead atoms. The van der Waals surface area contributed by atoms with Gasteiger partial charge >= 0.3 is 5.97 Å². The summed E-state index contributed by atoms with van der Waals surface area (Å²) in [6.45, 7) is 1.44. The number of hydrogen-bond donors (Lipinski definition) is 2. The lowest BCUT2D eigenvalue weighted by atomic mass is 9.97. The van der Waals surface area contributed by atoms with Crippen LogP contribution in [-0.2, 0) is 9.53 Å². The van der Waals surface area contributed by atoms with Gasteiger partial charge in [0.05, 0.1) is 18.6 Å². The Labute approximate surface area is 184 Å². The molecule has 1 saturated heterocycles. The van der Waals surface area contributed by atoms with Crippen molar-refractivity contribution in [2.75, 3.05) is 36.1 Å². The van der Waals surface area contributed by atoms with E-state index in [1.807, 2.05) is 36.4 Å². The molecule has 1 aliphatic heterocycles. The van der Waals surface area contributed by atoms with Crippen molar-refractivity contribution in [2.24, 2.45) is 5.92 Å². The Kier molecular flexibility index (Phi) is 6.13. The number of amides is 1. The Morgan fingerprint density at radius 2 is 1.90 bits per heavy atom. The average Bonchev–Trinajstić information content (AvgIpc) is 3.19. The summed E-state index contributed by atoms with van der Waals surface area (Å²) in [5.74, 6) is 0.275. The van der Waals surface area contributed by atoms with Gasteiger partial charge in [0.1, 0.15) is 16.5 Å². The number of carbonyl (C=O) groups is 2. The molecule has 0 saturated carbocycles. The topological polar surface area (TPSA) is 110 Å². The number of hydrogen-bond acceptors (Lipinski definition) is 8. The Morgan fingerprint density at radius 3 is 2.55 bits per heavy atom. The lowest BCUT2D eigenvalue weighted by Crippen LogP contribution is -2.37. The molecule has 160 valence electrons. The van der Waals surface area contributed by atoms with Crippen LogP contribution in [-0.4, -0.2) is 42.0 Å². The fraction of sp³-hybridized carbons (Fsp3) is 0.273. The number of thiazole rings is 1. The molecule has 1 amide bonds. The van der Waals surface area contributed by atoms with Gasteiger partial charge in [-0.25, -0.2) is 9.97 Å². The quantitative estimate of drug-likeness (QED) is 0.588. The maximum Gasteiger partial charge on any atom is 0.308 e. The molecule has 0 unspecified atom stereocenters. The van der Waals surface area contributed by atoms with E-state index in [2.05, 4.69) is 20.2 Å². The summed E-state index contributed by atoms with van der Waals surface area (Å²) in [4.78, 5) is 35.3. The molecule has 1 aromatic carbocycles. The van der Waals surface area contributed by atoms with Crippen LogP contribution in [0, 0.1) is 5.92 Å². The molecule has 0 aliphatic carbocycles. The Morgan fingerprint density at radius 1 is 1.16 bits per heavy atom. The van der Waals surface area contributed by atoms with Crippen molar-refractivity contribution in [3.8, 4) is 11.3 Å². The highest BCUT2D eigenvalue weighted by Gasteiger charge is 2.26. The van der Waals surface area contributed by atoms with Crippen molar-refractivity contribution in [1.29, 1.82) is 0 Å². The summed E-state index contributed by atoms with van der Waals surface area (Å²) in [6.07, 6.45) is 3.00. The number of pyridine rings is 1. The number of benzene rings is 1. The SMILES string of the molecule is COC(=O)C1CCN(c2ccc(C(=O)Nc3nc(-c4ccccc4)c(N)s3)cn2)CC1. The minimum Gasteiger partial charge on any atom is -0.469 e. The number of methoxy groups -OCH3 is 1. The highest BCUT2D eigenvalue weighted by Crippen LogP contribution is 2.33. The average molecular weight is 438 g/mol. The Balaban J connectivity index is 1.39. The lowest BCUT2D eigenvalue weighted by Gasteiger charge is -2.31. The number of nitrogen functional groups attached to an aromatic ring is 1. The second-order valence-corrected chi connectivity index (χ2v) is 8.27. The van der Waals surface area contributed by atoms with E-state index >= 15 is 0 Å². The van der Waals surface area contributed by atoms with Gasteiger partial charge in [0.25, 0.3) is 5.91 Å². The molecule has 3 heterocycles. The third kappa shape index (κ3) is 4.66. The van der Waals surface area contributed by atoms with E-state index in [1.54, 1.807) is 12.3 Å². The Bertz CT molecular complexity index is 1060. The number of nitrogens with two attached hydrogens (primary N) is 1. The van der Waals surface area contributed by atoms with Crippen LogP contribution in [0.2, 0.25) is 0 Å². The van der Waals surface area contributed by atoms with Gasteiger partial charge in [-0.2, -0.15) is 0 Å². The standard InChI is InChI=1S/C22H23N5O3S/c1-30-21(29)15-9-11-27(12-10-15)17-8-7-16(13-24-17)20(28)26-22-25-18(19(23)31-22)14-5-3-2-4-6-14/h2-8,13,15H,9-12,23H2,1H3,(H,25,26,28). The first-order valence-electron chi connectivity index (χ1n) is 9.97. The molecule has 3 N–H and O–H groups in total. The minimum absolute atomic E-state index is 0.0576. The van der Waals surface area contributed by atoms with Crippen LogP contribution in [0.15, 0.2) is 48.7 Å². The van der Waals surface area contributed by atoms with E-state index < -0.39 is 0 Å². The maximum absolute atomic E-state index is 12.6. The minimum atomic E-state index is -0.295. The zero-order valence-electron chi connectivity index (χ0n) is 17.1. The van der Waals surface area contributed by atoms with Gasteiger partial charge in [-0.05, 0) is 25.0 Å². The van der Waals surface area contributed by atoms with Crippen LogP contribution in [0.4, 0.5) is 16.0 Å². The van der Waals surface area contributed by atoms with Crippen molar-refractivity contribution in [3.05, 3.63) is 54.2 Å². The van der Waals surface area contributed by atoms with Crippen molar-refractivity contribution in [2.45, 2.75) is 12.8 Å². The molecule has 0 atom stereocenters.